The summed E-state index contributed by atoms with van der Waals surface area (Å²) in [6.07, 6.45) is 5.48. The molecule has 186 valence electrons. The topological polar surface area (TPSA) is 49.4 Å². The molecule has 34 heavy (non-hydrogen) atoms. The molecule has 0 spiro atoms. The zero-order valence-electron chi connectivity index (χ0n) is 21.4. The number of amides is 2. The van der Waals surface area contributed by atoms with Gasteiger partial charge >= 0.3 is 0 Å². The molecule has 6 nitrogen and oxygen atoms in total. The number of fused-ring (bicyclic) bond motifs is 5. The second kappa shape index (κ2) is 9.27. The molecule has 5 fully saturated rings. The summed E-state index contributed by atoms with van der Waals surface area (Å²) < 4.78 is 1.80. The summed E-state index contributed by atoms with van der Waals surface area (Å²) >= 11 is 0. The van der Waals surface area contributed by atoms with Crippen LogP contribution in [0.3, 0.4) is 0 Å². The van der Waals surface area contributed by atoms with Crippen LogP contribution in [0.2, 0.25) is 0 Å². The van der Waals surface area contributed by atoms with Crippen molar-refractivity contribution in [1.82, 2.24) is 5.32 Å². The smallest absolute Gasteiger partial charge is 0.282 e. The third kappa shape index (κ3) is 4.64. The average molecular weight is 469 g/mol. The van der Waals surface area contributed by atoms with Crippen LogP contribution in [0, 0.1) is 17.8 Å². The molecule has 3 saturated heterocycles. The predicted octanol–water partition coefficient (Wildman–Crippen LogP) is 3.03. The van der Waals surface area contributed by atoms with Gasteiger partial charge in [0.25, 0.3) is 11.8 Å². The Morgan fingerprint density at radius 2 is 1.53 bits per heavy atom. The number of para-hydroxylation sites is 1. The summed E-state index contributed by atoms with van der Waals surface area (Å²) in [5.41, 5.74) is 0.987. The fourth-order valence-corrected chi connectivity index (χ4v) is 7.72. The van der Waals surface area contributed by atoms with E-state index in [0.29, 0.717) is 25.0 Å². The van der Waals surface area contributed by atoms with Gasteiger partial charge in [0, 0.05) is 17.8 Å². The van der Waals surface area contributed by atoms with Crippen LogP contribution in [-0.4, -0.2) is 85.2 Å². The Balaban J connectivity index is 1.15. The maximum atomic E-state index is 13.4. The highest BCUT2D eigenvalue weighted by Crippen LogP contribution is 2.49. The minimum atomic E-state index is 0.137. The van der Waals surface area contributed by atoms with Crippen molar-refractivity contribution in [3.63, 3.8) is 0 Å². The summed E-state index contributed by atoms with van der Waals surface area (Å²) in [5, 5.41) is 3.40. The molecular weight excluding hydrogens is 424 g/mol. The molecule has 3 heterocycles. The lowest BCUT2D eigenvalue weighted by molar-refractivity contribution is -1.07. The van der Waals surface area contributed by atoms with Crippen molar-refractivity contribution in [3.8, 4) is 0 Å². The molecule has 6 heteroatoms. The SMILES string of the molecule is CC(NC(=O)C[N+]12CC[N+](CC(=O)N(c3ccccc3)C(C)C)(CC1)CC2)C1CC2CCC1C2. The fourth-order valence-electron chi connectivity index (χ4n) is 7.72. The molecule has 2 aliphatic carbocycles. The Hall–Kier alpha value is -1.92. The third-order valence-electron chi connectivity index (χ3n) is 9.74. The van der Waals surface area contributed by atoms with E-state index in [0.717, 1.165) is 65.8 Å². The first-order chi connectivity index (χ1) is 16.3. The van der Waals surface area contributed by atoms with Crippen LogP contribution in [0.25, 0.3) is 0 Å². The van der Waals surface area contributed by atoms with Crippen LogP contribution in [0.1, 0.15) is 46.5 Å². The zero-order chi connectivity index (χ0) is 23.9. The third-order valence-corrected chi connectivity index (χ3v) is 9.74. The number of hydrogen-bond acceptors (Lipinski definition) is 2. The van der Waals surface area contributed by atoms with Gasteiger partial charge in [0.1, 0.15) is 39.3 Å². The van der Waals surface area contributed by atoms with Crippen LogP contribution in [0.4, 0.5) is 5.69 Å². The first kappa shape index (κ1) is 23.8. The molecule has 3 aliphatic heterocycles. The number of carbonyl (C=O) groups excluding carboxylic acids is 2. The van der Waals surface area contributed by atoms with Gasteiger partial charge in [0.05, 0.1) is 0 Å². The molecule has 1 N–H and O–H groups in total. The highest BCUT2D eigenvalue weighted by atomic mass is 16.2. The molecule has 4 atom stereocenters. The second-order valence-corrected chi connectivity index (χ2v) is 12.2. The molecule has 4 bridgehead atoms. The summed E-state index contributed by atoms with van der Waals surface area (Å²) in [7, 11) is 0. The molecule has 0 radical (unpaired) electrons. The molecule has 1 aromatic rings. The van der Waals surface area contributed by atoms with Crippen molar-refractivity contribution in [1.29, 1.82) is 0 Å². The van der Waals surface area contributed by atoms with Gasteiger partial charge in [-0.25, -0.2) is 0 Å². The Kier molecular flexibility index (Phi) is 6.49. The molecular formula is C28H44N4O2+2. The van der Waals surface area contributed by atoms with Crippen molar-refractivity contribution in [3.05, 3.63) is 30.3 Å². The number of carbonyl (C=O) groups is 2. The molecule has 2 amide bonds. The van der Waals surface area contributed by atoms with Crippen LogP contribution in [0.15, 0.2) is 30.3 Å². The number of nitrogens with one attached hydrogen (secondary N) is 1. The Morgan fingerprint density at radius 1 is 0.912 bits per heavy atom. The van der Waals surface area contributed by atoms with Gasteiger partial charge < -0.3 is 19.2 Å². The van der Waals surface area contributed by atoms with Gasteiger partial charge in [-0.1, -0.05) is 24.6 Å². The zero-order valence-corrected chi connectivity index (χ0v) is 21.4. The summed E-state index contributed by atoms with van der Waals surface area (Å²) in [4.78, 5) is 28.4. The number of benzene rings is 1. The van der Waals surface area contributed by atoms with Crippen LogP contribution < -0.4 is 10.2 Å². The van der Waals surface area contributed by atoms with Crippen molar-refractivity contribution in [2.45, 2.75) is 58.5 Å². The van der Waals surface area contributed by atoms with Crippen LogP contribution in [-0.2, 0) is 9.59 Å². The van der Waals surface area contributed by atoms with Gasteiger partial charge in [-0.15, -0.1) is 0 Å². The Labute approximate surface area is 205 Å². The highest BCUT2D eigenvalue weighted by Gasteiger charge is 2.51. The standard InChI is InChI=1S/C28H43N4O2/c1-21(2)30(25-7-5-4-6-8-25)28(34)20-32-14-11-31(12-15-32,13-16-32)19-27(33)29-22(3)26-18-23-9-10-24(26)17-23/h4-8,21-24,26H,9-20H2,1-3H3/q+1/p+1. The monoisotopic (exact) mass is 468 g/mol. The van der Waals surface area contributed by atoms with E-state index in [2.05, 4.69) is 26.1 Å². The summed E-state index contributed by atoms with van der Waals surface area (Å²) in [6, 6.07) is 10.5. The van der Waals surface area contributed by atoms with E-state index in [-0.39, 0.29) is 17.9 Å². The summed E-state index contributed by atoms with van der Waals surface area (Å²) in [5.74, 6) is 2.91. The number of nitrogens with zero attached hydrogens (tertiary/aromatic N) is 3. The fraction of sp³-hybridized carbons (Fsp3) is 0.714. The summed E-state index contributed by atoms with van der Waals surface area (Å²) in [6.45, 7) is 13.6. The normalized spacial score (nSPS) is 34.9. The highest BCUT2D eigenvalue weighted by molar-refractivity contribution is 5.94. The van der Waals surface area contributed by atoms with E-state index in [1.54, 1.807) is 0 Å². The quantitative estimate of drug-likeness (QED) is 0.597. The van der Waals surface area contributed by atoms with Crippen molar-refractivity contribution < 1.29 is 18.6 Å². The van der Waals surface area contributed by atoms with Crippen molar-refractivity contribution in [2.75, 3.05) is 57.3 Å². The minimum Gasteiger partial charge on any atom is -0.348 e. The largest absolute Gasteiger partial charge is 0.348 e. The Bertz CT molecular complexity index is 876. The number of anilines is 1. The van der Waals surface area contributed by atoms with E-state index in [1.165, 1.54) is 25.7 Å². The molecule has 1 aromatic carbocycles. The van der Waals surface area contributed by atoms with Crippen molar-refractivity contribution in [2.24, 2.45) is 17.8 Å². The lowest BCUT2D eigenvalue weighted by Crippen LogP contribution is -2.77. The lowest BCUT2D eigenvalue weighted by Gasteiger charge is -2.55. The number of quaternary nitrogens is 2. The van der Waals surface area contributed by atoms with Gasteiger partial charge in [0.2, 0.25) is 0 Å². The van der Waals surface area contributed by atoms with E-state index in [4.69, 9.17) is 0 Å². The van der Waals surface area contributed by atoms with Crippen LogP contribution in [0.5, 0.6) is 0 Å². The van der Waals surface area contributed by atoms with Crippen molar-refractivity contribution >= 4 is 17.5 Å². The Morgan fingerprint density at radius 3 is 2.06 bits per heavy atom. The average Bonchev–Trinajstić information content (AvgIpc) is 3.45. The number of hydrogen-bond donors (Lipinski definition) is 1. The van der Waals surface area contributed by atoms with E-state index in [9.17, 15) is 9.59 Å². The minimum absolute atomic E-state index is 0.137. The van der Waals surface area contributed by atoms with Gasteiger partial charge in [0.15, 0.2) is 13.1 Å². The van der Waals surface area contributed by atoms with E-state index in [1.807, 2.05) is 35.2 Å². The van der Waals surface area contributed by atoms with Gasteiger partial charge in [-0.05, 0) is 69.9 Å². The molecule has 5 aliphatic rings. The maximum Gasteiger partial charge on any atom is 0.282 e. The number of rotatable bonds is 8. The van der Waals surface area contributed by atoms with Crippen LogP contribution >= 0.6 is 0 Å². The maximum absolute atomic E-state index is 13.4. The predicted molar refractivity (Wildman–Crippen MR) is 135 cm³/mol. The lowest BCUT2D eigenvalue weighted by atomic mass is 9.84. The molecule has 2 saturated carbocycles. The number of piperazine rings is 3. The van der Waals surface area contributed by atoms with Gasteiger partial charge in [-0.2, -0.15) is 0 Å². The van der Waals surface area contributed by atoms with Gasteiger partial charge in [-0.3, -0.25) is 9.59 Å². The molecule has 4 unspecified atom stereocenters. The second-order valence-electron chi connectivity index (χ2n) is 12.2. The molecule has 6 rings (SSSR count). The van der Waals surface area contributed by atoms with E-state index < -0.39 is 0 Å². The molecule has 0 aromatic heterocycles. The van der Waals surface area contributed by atoms with E-state index >= 15 is 0 Å². The first-order valence-electron chi connectivity index (χ1n) is 13.6. The first-order valence-corrected chi connectivity index (χ1v) is 13.6.